The van der Waals surface area contributed by atoms with Gasteiger partial charge in [0.15, 0.2) is 0 Å². The van der Waals surface area contributed by atoms with E-state index in [1.807, 2.05) is 0 Å². The Morgan fingerprint density at radius 3 is 1.50 bits per heavy atom. The van der Waals surface area contributed by atoms with Crippen molar-refractivity contribution in [2.24, 2.45) is 10.2 Å². The first-order valence-electron chi connectivity index (χ1n) is 5.73. The van der Waals surface area contributed by atoms with Gasteiger partial charge in [0.05, 0.1) is 14.2 Å². The lowest BCUT2D eigenvalue weighted by molar-refractivity contribution is 0.414. The molecule has 0 amide bonds. The minimum Gasteiger partial charge on any atom is -0.494 e. The van der Waals surface area contributed by atoms with E-state index in [9.17, 15) is 0 Å². The Morgan fingerprint density at radius 2 is 1.15 bits per heavy atom. The summed E-state index contributed by atoms with van der Waals surface area (Å²) in [6.07, 6.45) is 0. The van der Waals surface area contributed by atoms with Crippen LogP contribution in [0.3, 0.4) is 0 Å². The van der Waals surface area contributed by atoms with Crippen molar-refractivity contribution < 1.29 is 9.47 Å². The van der Waals surface area contributed by atoms with Crippen LogP contribution >= 0.6 is 23.2 Å². The van der Waals surface area contributed by atoms with Crippen LogP contribution in [0.15, 0.2) is 46.6 Å². The predicted molar refractivity (Wildman–Crippen MR) is 80.2 cm³/mol. The van der Waals surface area contributed by atoms with Crippen molar-refractivity contribution >= 4 is 34.6 Å². The summed E-state index contributed by atoms with van der Waals surface area (Å²) < 4.78 is 10.4. The zero-order valence-electron chi connectivity index (χ0n) is 10.9. The Labute approximate surface area is 126 Å². The minimum atomic E-state index is 0.530. The van der Waals surface area contributed by atoms with E-state index in [1.54, 1.807) is 50.6 Å². The number of methoxy groups -OCH3 is 2. The third-order valence-electron chi connectivity index (χ3n) is 2.55. The molecular formula is C14H12Cl2N2O2. The van der Waals surface area contributed by atoms with Gasteiger partial charge in [-0.05, 0) is 36.4 Å². The first-order chi connectivity index (χ1) is 9.63. The average Bonchev–Trinajstić information content (AvgIpc) is 2.45. The summed E-state index contributed by atoms with van der Waals surface area (Å²) >= 11 is 11.9. The average molecular weight is 311 g/mol. The summed E-state index contributed by atoms with van der Waals surface area (Å²) in [7, 11) is 3.12. The molecule has 4 nitrogen and oxygen atoms in total. The molecule has 0 spiro atoms. The highest BCUT2D eigenvalue weighted by molar-refractivity contribution is 6.31. The van der Waals surface area contributed by atoms with Crippen LogP contribution < -0.4 is 9.47 Å². The Bertz CT molecular complexity index is 590. The van der Waals surface area contributed by atoms with Crippen LogP contribution in [0.4, 0.5) is 11.4 Å². The number of hydrogen-bond donors (Lipinski definition) is 0. The summed E-state index contributed by atoms with van der Waals surface area (Å²) in [6.45, 7) is 0. The van der Waals surface area contributed by atoms with Gasteiger partial charge in [0, 0.05) is 10.0 Å². The van der Waals surface area contributed by atoms with Gasteiger partial charge < -0.3 is 9.47 Å². The van der Waals surface area contributed by atoms with Crippen molar-refractivity contribution in [1.29, 1.82) is 0 Å². The van der Waals surface area contributed by atoms with Gasteiger partial charge >= 0.3 is 0 Å². The van der Waals surface area contributed by atoms with Crippen LogP contribution in [-0.4, -0.2) is 14.2 Å². The molecule has 2 aromatic rings. The lowest BCUT2D eigenvalue weighted by Crippen LogP contribution is -1.83. The highest BCUT2D eigenvalue weighted by atomic mass is 35.5. The number of rotatable bonds is 4. The molecule has 0 aromatic heterocycles. The zero-order chi connectivity index (χ0) is 14.5. The van der Waals surface area contributed by atoms with Crippen molar-refractivity contribution in [3.63, 3.8) is 0 Å². The molecule has 0 N–H and O–H groups in total. The molecular weight excluding hydrogens is 299 g/mol. The molecule has 0 aliphatic rings. The van der Waals surface area contributed by atoms with Crippen molar-refractivity contribution in [2.75, 3.05) is 14.2 Å². The summed E-state index contributed by atoms with van der Waals surface area (Å²) in [5.74, 6) is 1.17. The second-order valence-corrected chi connectivity index (χ2v) is 4.71. The maximum Gasteiger partial charge on any atom is 0.146 e. The standard InChI is InChI=1S/C14H12Cl2N2O2/c1-19-13-5-3-9(15)7-11(13)17-18-12-8-10(16)4-6-14(12)20-2/h3-8H,1-2H3. The number of halogens is 2. The van der Waals surface area contributed by atoms with Crippen molar-refractivity contribution in [3.05, 3.63) is 46.4 Å². The van der Waals surface area contributed by atoms with Gasteiger partial charge in [-0.3, -0.25) is 0 Å². The van der Waals surface area contributed by atoms with Crippen LogP contribution in [0, 0.1) is 0 Å². The minimum absolute atomic E-state index is 0.530. The Balaban J connectivity index is 2.38. The van der Waals surface area contributed by atoms with E-state index >= 15 is 0 Å². The molecule has 0 heterocycles. The normalized spacial score (nSPS) is 10.8. The van der Waals surface area contributed by atoms with E-state index in [-0.39, 0.29) is 0 Å². The maximum atomic E-state index is 5.94. The lowest BCUT2D eigenvalue weighted by Gasteiger charge is -2.05. The summed E-state index contributed by atoms with van der Waals surface area (Å²) in [6, 6.07) is 10.2. The molecule has 0 aliphatic carbocycles. The molecule has 0 fully saturated rings. The van der Waals surface area contributed by atoms with E-state index in [0.717, 1.165) is 0 Å². The van der Waals surface area contributed by atoms with Crippen LogP contribution in [0.1, 0.15) is 0 Å². The molecule has 2 aromatic carbocycles. The van der Waals surface area contributed by atoms with Gasteiger partial charge in [-0.1, -0.05) is 23.2 Å². The summed E-state index contributed by atoms with van der Waals surface area (Å²) in [5, 5.41) is 9.38. The fourth-order valence-electron chi connectivity index (χ4n) is 1.59. The third-order valence-corrected chi connectivity index (χ3v) is 3.02. The van der Waals surface area contributed by atoms with Gasteiger partial charge in [-0.2, -0.15) is 0 Å². The van der Waals surface area contributed by atoms with E-state index in [2.05, 4.69) is 10.2 Å². The second-order valence-electron chi connectivity index (χ2n) is 3.83. The highest BCUT2D eigenvalue weighted by Crippen LogP contribution is 2.35. The molecule has 0 radical (unpaired) electrons. The van der Waals surface area contributed by atoms with Gasteiger partial charge in [-0.25, -0.2) is 0 Å². The molecule has 0 unspecified atom stereocenters. The zero-order valence-corrected chi connectivity index (χ0v) is 12.4. The predicted octanol–water partition coefficient (Wildman–Crippen LogP) is 5.43. The highest BCUT2D eigenvalue weighted by Gasteiger charge is 2.05. The van der Waals surface area contributed by atoms with Crippen molar-refractivity contribution in [1.82, 2.24) is 0 Å². The van der Waals surface area contributed by atoms with Crippen molar-refractivity contribution in [2.45, 2.75) is 0 Å². The second kappa shape index (κ2) is 6.59. The lowest BCUT2D eigenvalue weighted by atomic mass is 10.3. The van der Waals surface area contributed by atoms with E-state index in [4.69, 9.17) is 32.7 Å². The molecule has 20 heavy (non-hydrogen) atoms. The van der Waals surface area contributed by atoms with Crippen LogP contribution in [0.25, 0.3) is 0 Å². The summed E-state index contributed by atoms with van der Waals surface area (Å²) in [5.41, 5.74) is 1.06. The van der Waals surface area contributed by atoms with Crippen LogP contribution in [0.5, 0.6) is 11.5 Å². The number of ether oxygens (including phenoxy) is 2. The Kier molecular flexibility index (Phi) is 4.82. The van der Waals surface area contributed by atoms with E-state index in [1.165, 1.54) is 0 Å². The fraction of sp³-hybridized carbons (Fsp3) is 0.143. The van der Waals surface area contributed by atoms with Crippen LogP contribution in [-0.2, 0) is 0 Å². The number of benzene rings is 2. The van der Waals surface area contributed by atoms with Crippen LogP contribution in [0.2, 0.25) is 10.0 Å². The number of azo groups is 1. The molecule has 0 saturated heterocycles. The first kappa shape index (κ1) is 14.6. The topological polar surface area (TPSA) is 43.2 Å². The van der Waals surface area contributed by atoms with Gasteiger partial charge in [0.2, 0.25) is 0 Å². The quantitative estimate of drug-likeness (QED) is 0.707. The SMILES string of the molecule is COc1ccc(Cl)cc1N=Nc1cc(Cl)ccc1OC. The molecule has 6 heteroatoms. The first-order valence-corrected chi connectivity index (χ1v) is 6.48. The molecule has 0 atom stereocenters. The van der Waals surface area contributed by atoms with Gasteiger partial charge in [0.25, 0.3) is 0 Å². The van der Waals surface area contributed by atoms with E-state index in [0.29, 0.717) is 32.9 Å². The molecule has 0 saturated carbocycles. The van der Waals surface area contributed by atoms with Gasteiger partial charge in [-0.15, -0.1) is 10.2 Å². The maximum absolute atomic E-state index is 5.94. The molecule has 2 rings (SSSR count). The number of nitrogens with zero attached hydrogens (tertiary/aromatic N) is 2. The monoisotopic (exact) mass is 310 g/mol. The largest absolute Gasteiger partial charge is 0.494 e. The smallest absolute Gasteiger partial charge is 0.146 e. The third kappa shape index (κ3) is 3.40. The molecule has 0 aliphatic heterocycles. The van der Waals surface area contributed by atoms with Gasteiger partial charge in [0.1, 0.15) is 22.9 Å². The fourth-order valence-corrected chi connectivity index (χ4v) is 1.92. The molecule has 104 valence electrons. The molecule has 0 bridgehead atoms. The summed E-state index contributed by atoms with van der Waals surface area (Å²) in [4.78, 5) is 0. The Morgan fingerprint density at radius 1 is 0.750 bits per heavy atom. The Hall–Kier alpha value is -1.78. The number of hydrogen-bond acceptors (Lipinski definition) is 4. The van der Waals surface area contributed by atoms with Crippen molar-refractivity contribution in [3.8, 4) is 11.5 Å². The van der Waals surface area contributed by atoms with E-state index < -0.39 is 0 Å².